The van der Waals surface area contributed by atoms with E-state index in [1.807, 2.05) is 30.0 Å². The summed E-state index contributed by atoms with van der Waals surface area (Å²) in [5, 5.41) is 4.24. The van der Waals surface area contributed by atoms with Gasteiger partial charge in [0.15, 0.2) is 6.61 Å². The molecular formula is C24H26Cl2N2O4. The second-order valence-electron chi connectivity index (χ2n) is 8.21. The topological polar surface area (TPSA) is 67.9 Å². The van der Waals surface area contributed by atoms with Crippen molar-refractivity contribution in [2.75, 3.05) is 19.8 Å². The van der Waals surface area contributed by atoms with E-state index in [2.05, 4.69) is 5.32 Å². The zero-order valence-corrected chi connectivity index (χ0v) is 19.4. The van der Waals surface area contributed by atoms with Gasteiger partial charge >= 0.3 is 0 Å². The first kappa shape index (κ1) is 22.9. The predicted molar refractivity (Wildman–Crippen MR) is 123 cm³/mol. The molecule has 1 fully saturated rings. The minimum absolute atomic E-state index is 0.00829. The summed E-state index contributed by atoms with van der Waals surface area (Å²) in [7, 11) is 0. The molecular weight excluding hydrogens is 451 g/mol. The molecule has 0 saturated carbocycles. The van der Waals surface area contributed by atoms with Gasteiger partial charge in [0, 0.05) is 16.6 Å². The fraction of sp³-hybridized carbons (Fsp3) is 0.417. The maximum absolute atomic E-state index is 13.1. The van der Waals surface area contributed by atoms with Crippen LogP contribution in [0.15, 0.2) is 42.5 Å². The van der Waals surface area contributed by atoms with Gasteiger partial charge in [0.05, 0.1) is 18.7 Å². The number of halogens is 2. The second kappa shape index (κ2) is 10.1. The van der Waals surface area contributed by atoms with Crippen LogP contribution in [-0.4, -0.2) is 48.6 Å². The van der Waals surface area contributed by atoms with E-state index in [1.54, 1.807) is 24.3 Å². The SMILES string of the molecule is CC1c2ccc(Cl)cc2CCN1C(=O)[C@@H]1CC[C@@H](NC(=O)COc2ccc(Cl)cc2)CO1. The summed E-state index contributed by atoms with van der Waals surface area (Å²) in [6.45, 7) is 2.90. The molecule has 0 spiro atoms. The van der Waals surface area contributed by atoms with Gasteiger partial charge in [-0.15, -0.1) is 0 Å². The van der Waals surface area contributed by atoms with E-state index in [9.17, 15) is 9.59 Å². The molecule has 6 nitrogen and oxygen atoms in total. The number of carbonyl (C=O) groups excluding carboxylic acids is 2. The number of amides is 2. The Morgan fingerprint density at radius 1 is 1.12 bits per heavy atom. The Morgan fingerprint density at radius 3 is 2.59 bits per heavy atom. The van der Waals surface area contributed by atoms with Crippen molar-refractivity contribution in [1.29, 1.82) is 0 Å². The first-order chi connectivity index (χ1) is 15.4. The average molecular weight is 477 g/mol. The summed E-state index contributed by atoms with van der Waals surface area (Å²) >= 11 is 12.0. The molecule has 2 aliphatic rings. The lowest BCUT2D eigenvalue weighted by atomic mass is 9.92. The van der Waals surface area contributed by atoms with Gasteiger partial charge in [-0.05, 0) is 73.7 Å². The third-order valence-corrected chi connectivity index (χ3v) is 6.51. The maximum atomic E-state index is 13.1. The fourth-order valence-electron chi connectivity index (χ4n) is 4.30. The summed E-state index contributed by atoms with van der Waals surface area (Å²) in [5.74, 6) is 0.363. The molecule has 8 heteroatoms. The zero-order valence-electron chi connectivity index (χ0n) is 17.9. The smallest absolute Gasteiger partial charge is 0.258 e. The number of fused-ring (bicyclic) bond motifs is 1. The zero-order chi connectivity index (χ0) is 22.7. The minimum atomic E-state index is -0.482. The van der Waals surface area contributed by atoms with E-state index >= 15 is 0 Å². The molecule has 32 heavy (non-hydrogen) atoms. The standard InChI is InChI=1S/C24H26Cl2N2O4/c1-15-21-8-4-18(26)12-16(21)10-11-28(15)24(30)22-9-5-19(13-32-22)27-23(29)14-31-20-6-2-17(25)3-7-20/h2-4,6-8,12,15,19,22H,5,9-11,13-14H2,1H3,(H,27,29)/t15?,19-,22+/m1/s1. The van der Waals surface area contributed by atoms with E-state index in [0.29, 0.717) is 36.8 Å². The predicted octanol–water partition coefficient (Wildman–Crippen LogP) is 4.18. The van der Waals surface area contributed by atoms with Gasteiger partial charge in [0.2, 0.25) is 0 Å². The summed E-state index contributed by atoms with van der Waals surface area (Å²) in [4.78, 5) is 27.2. The van der Waals surface area contributed by atoms with Crippen LogP contribution in [0.5, 0.6) is 5.75 Å². The van der Waals surface area contributed by atoms with E-state index in [-0.39, 0.29) is 30.5 Å². The van der Waals surface area contributed by atoms with Gasteiger partial charge in [-0.1, -0.05) is 29.3 Å². The molecule has 0 aliphatic carbocycles. The number of nitrogens with one attached hydrogen (secondary N) is 1. The molecule has 1 unspecified atom stereocenters. The van der Waals surface area contributed by atoms with Crippen LogP contribution in [0.2, 0.25) is 10.0 Å². The number of rotatable bonds is 5. The van der Waals surface area contributed by atoms with Crippen molar-refractivity contribution in [3.05, 3.63) is 63.6 Å². The molecule has 0 radical (unpaired) electrons. The number of carbonyl (C=O) groups is 2. The third kappa shape index (κ3) is 5.37. The Labute approximate surface area is 197 Å². The maximum Gasteiger partial charge on any atom is 0.258 e. The van der Waals surface area contributed by atoms with Gasteiger partial charge in [-0.2, -0.15) is 0 Å². The summed E-state index contributed by atoms with van der Waals surface area (Å²) in [5.41, 5.74) is 2.33. The summed E-state index contributed by atoms with van der Waals surface area (Å²) in [6.07, 6.45) is 1.55. The summed E-state index contributed by atoms with van der Waals surface area (Å²) in [6, 6.07) is 12.5. The lowest BCUT2D eigenvalue weighted by Gasteiger charge is -2.39. The first-order valence-electron chi connectivity index (χ1n) is 10.8. The summed E-state index contributed by atoms with van der Waals surface area (Å²) < 4.78 is 11.3. The Kier molecular flexibility index (Phi) is 7.23. The highest BCUT2D eigenvalue weighted by molar-refractivity contribution is 6.30. The molecule has 0 aromatic heterocycles. The number of ether oxygens (including phenoxy) is 2. The van der Waals surface area contributed by atoms with E-state index in [4.69, 9.17) is 32.7 Å². The van der Waals surface area contributed by atoms with Crippen molar-refractivity contribution in [3.8, 4) is 5.75 Å². The van der Waals surface area contributed by atoms with Crippen molar-refractivity contribution in [2.45, 2.75) is 44.4 Å². The quantitative estimate of drug-likeness (QED) is 0.702. The first-order valence-corrected chi connectivity index (χ1v) is 11.5. The highest BCUT2D eigenvalue weighted by Gasteiger charge is 2.35. The van der Waals surface area contributed by atoms with Gasteiger partial charge in [0.1, 0.15) is 11.9 Å². The van der Waals surface area contributed by atoms with Crippen LogP contribution in [-0.2, 0) is 20.7 Å². The van der Waals surface area contributed by atoms with Crippen molar-refractivity contribution >= 4 is 35.0 Å². The third-order valence-electron chi connectivity index (χ3n) is 6.03. The normalized spacial score (nSPS) is 22.7. The molecule has 2 aromatic rings. The van der Waals surface area contributed by atoms with E-state index in [0.717, 1.165) is 17.0 Å². The van der Waals surface area contributed by atoms with Crippen LogP contribution in [0.1, 0.15) is 36.9 Å². The van der Waals surface area contributed by atoms with Gasteiger partial charge in [-0.25, -0.2) is 0 Å². The molecule has 4 rings (SSSR count). The molecule has 2 aromatic carbocycles. The Balaban J connectivity index is 1.24. The van der Waals surface area contributed by atoms with E-state index in [1.165, 1.54) is 5.56 Å². The highest BCUT2D eigenvalue weighted by atomic mass is 35.5. The number of benzene rings is 2. The van der Waals surface area contributed by atoms with Gasteiger partial charge < -0.3 is 19.7 Å². The molecule has 0 bridgehead atoms. The number of hydrogen-bond acceptors (Lipinski definition) is 4. The molecule has 170 valence electrons. The highest BCUT2D eigenvalue weighted by Crippen LogP contribution is 2.32. The van der Waals surface area contributed by atoms with Crippen molar-refractivity contribution in [1.82, 2.24) is 10.2 Å². The molecule has 2 aliphatic heterocycles. The minimum Gasteiger partial charge on any atom is -0.484 e. The average Bonchev–Trinajstić information content (AvgIpc) is 2.79. The number of nitrogens with zero attached hydrogens (tertiary/aromatic N) is 1. The monoisotopic (exact) mass is 476 g/mol. The largest absolute Gasteiger partial charge is 0.484 e. The molecule has 1 N–H and O–H groups in total. The molecule has 3 atom stereocenters. The fourth-order valence-corrected chi connectivity index (χ4v) is 4.62. The van der Waals surface area contributed by atoms with Crippen LogP contribution in [0.4, 0.5) is 0 Å². The van der Waals surface area contributed by atoms with Gasteiger partial charge in [0.25, 0.3) is 11.8 Å². The van der Waals surface area contributed by atoms with Crippen molar-refractivity contribution in [3.63, 3.8) is 0 Å². The molecule has 2 amide bonds. The van der Waals surface area contributed by atoms with Crippen molar-refractivity contribution < 1.29 is 19.1 Å². The lowest BCUT2D eigenvalue weighted by Crippen LogP contribution is -2.50. The van der Waals surface area contributed by atoms with Crippen LogP contribution in [0.25, 0.3) is 0 Å². The second-order valence-corrected chi connectivity index (χ2v) is 9.08. The Morgan fingerprint density at radius 2 is 1.88 bits per heavy atom. The molecule has 2 heterocycles. The van der Waals surface area contributed by atoms with Crippen LogP contribution >= 0.6 is 23.2 Å². The van der Waals surface area contributed by atoms with Crippen LogP contribution < -0.4 is 10.1 Å². The lowest BCUT2D eigenvalue weighted by molar-refractivity contribution is -0.150. The number of hydrogen-bond donors (Lipinski definition) is 1. The van der Waals surface area contributed by atoms with Crippen LogP contribution in [0.3, 0.4) is 0 Å². The Hall–Kier alpha value is -2.28. The Bertz CT molecular complexity index is 974. The molecule has 1 saturated heterocycles. The van der Waals surface area contributed by atoms with Gasteiger partial charge in [-0.3, -0.25) is 9.59 Å². The van der Waals surface area contributed by atoms with Crippen LogP contribution in [0, 0.1) is 0 Å². The van der Waals surface area contributed by atoms with Crippen molar-refractivity contribution in [2.24, 2.45) is 0 Å². The van der Waals surface area contributed by atoms with E-state index < -0.39 is 6.10 Å².